The van der Waals surface area contributed by atoms with Crippen molar-refractivity contribution in [2.24, 2.45) is 0 Å². The molecule has 1 aliphatic heterocycles. The van der Waals surface area contributed by atoms with Crippen molar-refractivity contribution in [1.29, 1.82) is 0 Å². The lowest BCUT2D eigenvalue weighted by Crippen LogP contribution is -2.40. The Balaban J connectivity index is 2.03. The molecule has 116 valence electrons. The lowest BCUT2D eigenvalue weighted by atomic mass is 10.1. The number of carboxylic acids is 1. The number of carboxylic acid groups (broad SMARTS) is 1. The molecule has 1 aromatic rings. The van der Waals surface area contributed by atoms with Crippen LogP contribution in [0.1, 0.15) is 11.1 Å². The third-order valence-electron chi connectivity index (χ3n) is 3.30. The van der Waals surface area contributed by atoms with Crippen LogP contribution in [-0.4, -0.2) is 41.0 Å². The lowest BCUT2D eigenvalue weighted by molar-refractivity contribution is -0.142. The van der Waals surface area contributed by atoms with Crippen LogP contribution in [0.15, 0.2) is 24.3 Å². The first-order valence-corrected chi connectivity index (χ1v) is 6.21. The minimum absolute atomic E-state index is 0.0593. The van der Waals surface area contributed by atoms with Gasteiger partial charge in [-0.25, -0.2) is 0 Å². The normalized spacial score (nSPS) is 26.0. The van der Waals surface area contributed by atoms with E-state index in [0.29, 0.717) is 0 Å². The molecule has 0 bridgehead atoms. The monoisotopic (exact) mass is 305 g/mol. The second-order valence-electron chi connectivity index (χ2n) is 4.72. The Morgan fingerprint density at radius 1 is 1.38 bits per heavy atom. The predicted molar refractivity (Wildman–Crippen MR) is 65.5 cm³/mol. The first kappa shape index (κ1) is 15.7. The molecule has 3 N–H and O–H groups in total. The van der Waals surface area contributed by atoms with Gasteiger partial charge in [-0.2, -0.15) is 13.2 Å². The molecule has 1 aromatic carbocycles. The van der Waals surface area contributed by atoms with E-state index in [2.05, 4.69) is 5.32 Å². The largest absolute Gasteiger partial charge is 0.480 e. The molecule has 0 amide bonds. The Bertz CT molecular complexity index is 520. The zero-order chi connectivity index (χ0) is 15.6. The Labute approximate surface area is 118 Å². The van der Waals surface area contributed by atoms with Crippen LogP contribution in [0.25, 0.3) is 0 Å². The first-order valence-electron chi connectivity index (χ1n) is 6.21. The highest BCUT2D eigenvalue weighted by atomic mass is 19.4. The maximum Gasteiger partial charge on any atom is 0.416 e. The number of alkyl halides is 3. The van der Waals surface area contributed by atoms with E-state index in [1.54, 1.807) is 0 Å². The van der Waals surface area contributed by atoms with Crippen molar-refractivity contribution in [3.05, 3.63) is 35.4 Å². The lowest BCUT2D eigenvalue weighted by Gasteiger charge is -2.18. The van der Waals surface area contributed by atoms with E-state index in [0.717, 1.165) is 6.07 Å². The summed E-state index contributed by atoms with van der Waals surface area (Å²) >= 11 is 0. The quantitative estimate of drug-likeness (QED) is 0.774. The van der Waals surface area contributed by atoms with E-state index in [-0.39, 0.29) is 18.7 Å². The molecule has 1 saturated heterocycles. The average Bonchev–Trinajstić information content (AvgIpc) is 2.77. The molecule has 5 nitrogen and oxygen atoms in total. The van der Waals surface area contributed by atoms with E-state index in [1.807, 2.05) is 0 Å². The fraction of sp³-hybridized carbons (Fsp3) is 0.462. The van der Waals surface area contributed by atoms with Gasteiger partial charge < -0.3 is 14.9 Å². The van der Waals surface area contributed by atoms with Crippen molar-refractivity contribution in [2.45, 2.75) is 31.0 Å². The number of aliphatic carboxylic acids is 1. The molecule has 0 saturated carbocycles. The summed E-state index contributed by atoms with van der Waals surface area (Å²) in [6.07, 6.45) is -6.66. The first-order chi connectivity index (χ1) is 9.80. The summed E-state index contributed by atoms with van der Waals surface area (Å²) in [5, 5.41) is 21.1. The van der Waals surface area contributed by atoms with Gasteiger partial charge >= 0.3 is 12.1 Å². The van der Waals surface area contributed by atoms with Gasteiger partial charge in [-0.05, 0) is 11.6 Å². The van der Waals surface area contributed by atoms with Crippen LogP contribution in [0.5, 0.6) is 0 Å². The van der Waals surface area contributed by atoms with Gasteiger partial charge in [0.05, 0.1) is 18.3 Å². The van der Waals surface area contributed by atoms with E-state index < -0.39 is 36.0 Å². The smallest absolute Gasteiger partial charge is 0.416 e. The highest BCUT2D eigenvalue weighted by Gasteiger charge is 2.40. The fourth-order valence-corrected chi connectivity index (χ4v) is 2.21. The van der Waals surface area contributed by atoms with Crippen LogP contribution in [0, 0.1) is 0 Å². The molecule has 0 aliphatic carbocycles. The number of hydrogen-bond donors (Lipinski definition) is 3. The second kappa shape index (κ2) is 6.00. The Hall–Kier alpha value is -1.64. The number of carbonyl (C=O) groups is 1. The summed E-state index contributed by atoms with van der Waals surface area (Å²) in [5.41, 5.74) is -0.865. The number of aliphatic hydroxyl groups is 1. The summed E-state index contributed by atoms with van der Waals surface area (Å²) in [4.78, 5) is 10.8. The van der Waals surface area contributed by atoms with Crippen molar-refractivity contribution in [1.82, 2.24) is 5.32 Å². The van der Waals surface area contributed by atoms with E-state index in [9.17, 15) is 23.1 Å². The molecule has 0 radical (unpaired) electrons. The zero-order valence-electron chi connectivity index (χ0n) is 10.8. The standard InChI is InChI=1S/C13H14F3NO4/c14-13(15,16)8-4-2-1-3-7(8)6-21-9-5-17-10(11(9)18)12(19)20/h1-4,9-11,17-18H,5-6H2,(H,19,20)/t9?,10-,11?/m0/s1. The molecular formula is C13H14F3NO4. The highest BCUT2D eigenvalue weighted by molar-refractivity contribution is 5.74. The van der Waals surface area contributed by atoms with Gasteiger partial charge in [0.25, 0.3) is 0 Å². The predicted octanol–water partition coefficient (Wildman–Crippen LogP) is 1.01. The molecule has 0 spiro atoms. The Morgan fingerprint density at radius 2 is 2.05 bits per heavy atom. The van der Waals surface area contributed by atoms with Crippen molar-refractivity contribution in [2.75, 3.05) is 6.54 Å². The molecule has 2 rings (SSSR count). The molecule has 1 fully saturated rings. The number of nitrogens with one attached hydrogen (secondary N) is 1. The molecular weight excluding hydrogens is 291 g/mol. The number of halogens is 3. The minimum atomic E-state index is -4.49. The molecule has 1 aliphatic rings. The molecule has 21 heavy (non-hydrogen) atoms. The fourth-order valence-electron chi connectivity index (χ4n) is 2.21. The molecule has 1 heterocycles. The number of aliphatic hydroxyl groups excluding tert-OH is 1. The van der Waals surface area contributed by atoms with Crippen molar-refractivity contribution < 1.29 is 32.9 Å². The molecule has 2 unspecified atom stereocenters. The van der Waals surface area contributed by atoms with Crippen LogP contribution < -0.4 is 5.32 Å². The Morgan fingerprint density at radius 3 is 2.62 bits per heavy atom. The SMILES string of the molecule is O=C(O)[C@H]1NCC(OCc2ccccc2C(F)(F)F)C1O. The van der Waals surface area contributed by atoms with Gasteiger partial charge in [0.1, 0.15) is 12.1 Å². The van der Waals surface area contributed by atoms with Crippen molar-refractivity contribution in [3.63, 3.8) is 0 Å². The van der Waals surface area contributed by atoms with Gasteiger partial charge in [0, 0.05) is 6.54 Å². The van der Waals surface area contributed by atoms with Crippen molar-refractivity contribution in [3.8, 4) is 0 Å². The van der Waals surface area contributed by atoms with E-state index in [1.165, 1.54) is 18.2 Å². The molecule has 3 atom stereocenters. The summed E-state index contributed by atoms with van der Waals surface area (Å²) in [5.74, 6) is -1.23. The number of benzene rings is 1. The van der Waals surface area contributed by atoms with Crippen LogP contribution in [-0.2, 0) is 22.3 Å². The third kappa shape index (κ3) is 3.52. The summed E-state index contributed by atoms with van der Waals surface area (Å²) in [7, 11) is 0. The topological polar surface area (TPSA) is 78.8 Å². The molecule has 8 heteroatoms. The number of hydrogen-bond acceptors (Lipinski definition) is 4. The van der Waals surface area contributed by atoms with E-state index in [4.69, 9.17) is 9.84 Å². The van der Waals surface area contributed by atoms with Crippen LogP contribution in [0.3, 0.4) is 0 Å². The summed E-state index contributed by atoms with van der Waals surface area (Å²) in [6, 6.07) is 3.79. The maximum atomic E-state index is 12.8. The van der Waals surface area contributed by atoms with Crippen LogP contribution >= 0.6 is 0 Å². The average molecular weight is 305 g/mol. The van der Waals surface area contributed by atoms with Gasteiger partial charge in [0.2, 0.25) is 0 Å². The summed E-state index contributed by atoms with van der Waals surface area (Å²) in [6.45, 7) is -0.294. The summed E-state index contributed by atoms with van der Waals surface area (Å²) < 4.78 is 43.6. The zero-order valence-corrected chi connectivity index (χ0v) is 10.8. The van der Waals surface area contributed by atoms with Crippen LogP contribution in [0.4, 0.5) is 13.2 Å². The highest BCUT2D eigenvalue weighted by Crippen LogP contribution is 2.32. The van der Waals surface area contributed by atoms with Gasteiger partial charge in [0.15, 0.2) is 0 Å². The molecule has 0 aromatic heterocycles. The number of ether oxygens (including phenoxy) is 1. The second-order valence-corrected chi connectivity index (χ2v) is 4.72. The van der Waals surface area contributed by atoms with Gasteiger partial charge in [-0.15, -0.1) is 0 Å². The van der Waals surface area contributed by atoms with E-state index >= 15 is 0 Å². The maximum absolute atomic E-state index is 12.8. The van der Waals surface area contributed by atoms with Gasteiger partial charge in [-0.3, -0.25) is 10.1 Å². The van der Waals surface area contributed by atoms with Gasteiger partial charge in [-0.1, -0.05) is 18.2 Å². The van der Waals surface area contributed by atoms with Crippen molar-refractivity contribution >= 4 is 5.97 Å². The number of rotatable bonds is 4. The third-order valence-corrected chi connectivity index (χ3v) is 3.30. The minimum Gasteiger partial charge on any atom is -0.480 e. The Kier molecular flexibility index (Phi) is 4.50. The van der Waals surface area contributed by atoms with Crippen LogP contribution in [0.2, 0.25) is 0 Å².